The molecule has 2 aromatic carbocycles. The molecule has 35 heavy (non-hydrogen) atoms. The summed E-state index contributed by atoms with van der Waals surface area (Å²) >= 11 is 0. The summed E-state index contributed by atoms with van der Waals surface area (Å²) in [4.78, 5) is 24.6. The van der Waals surface area contributed by atoms with E-state index in [1.54, 1.807) is 0 Å². The Labute approximate surface area is 209 Å². The molecule has 0 amide bonds. The molecule has 0 aromatic heterocycles. The van der Waals surface area contributed by atoms with Crippen molar-refractivity contribution in [3.8, 4) is 11.5 Å². The fourth-order valence-corrected chi connectivity index (χ4v) is 7.08. The van der Waals surface area contributed by atoms with Gasteiger partial charge in [-0.3, -0.25) is 9.59 Å². The summed E-state index contributed by atoms with van der Waals surface area (Å²) in [5, 5.41) is 0. The first kappa shape index (κ1) is 24.1. The molecule has 5 atom stereocenters. The van der Waals surface area contributed by atoms with E-state index < -0.39 is 0 Å². The van der Waals surface area contributed by atoms with Gasteiger partial charge in [0, 0.05) is 31.4 Å². The minimum absolute atomic E-state index is 0.0664. The Morgan fingerprint density at radius 1 is 1.03 bits per heavy atom. The van der Waals surface area contributed by atoms with E-state index in [2.05, 4.69) is 37.3 Å². The van der Waals surface area contributed by atoms with Crippen molar-refractivity contribution >= 4 is 11.8 Å². The summed E-state index contributed by atoms with van der Waals surface area (Å²) < 4.78 is 12.2. The standard InChI is InChI=1S/C31H38O4/c1-20(9-8-12-22-10-4-3-5-11-22)34-24-18-29-26-14-7-6-13-25(26)27-16-15-23(33)17-28(27)31(29)30(19-24)35-21(2)32/h3-5,10-11,18-20,25-28H,6-9,12-17H2,1-2H3/t20?,25-,26+,27-,28+/m1/s1. The highest BCUT2D eigenvalue weighted by molar-refractivity contribution is 5.81. The Hall–Kier alpha value is -2.62. The van der Waals surface area contributed by atoms with Crippen molar-refractivity contribution in [1.82, 2.24) is 0 Å². The zero-order valence-corrected chi connectivity index (χ0v) is 21.1. The lowest BCUT2D eigenvalue weighted by molar-refractivity contribution is -0.132. The van der Waals surface area contributed by atoms with E-state index in [-0.39, 0.29) is 18.0 Å². The quantitative estimate of drug-likeness (QED) is 0.316. The van der Waals surface area contributed by atoms with Gasteiger partial charge >= 0.3 is 5.97 Å². The number of fused-ring (bicyclic) bond motifs is 6. The maximum atomic E-state index is 12.5. The molecule has 2 fully saturated rings. The van der Waals surface area contributed by atoms with Crippen LogP contribution in [0.5, 0.6) is 11.5 Å². The highest BCUT2D eigenvalue weighted by atomic mass is 16.5. The normalized spacial score (nSPS) is 26.2. The number of benzene rings is 2. The van der Waals surface area contributed by atoms with Gasteiger partial charge in [0.25, 0.3) is 0 Å². The van der Waals surface area contributed by atoms with Crippen LogP contribution in [0.15, 0.2) is 42.5 Å². The lowest BCUT2D eigenvalue weighted by Crippen LogP contribution is -2.39. The molecular weight excluding hydrogens is 436 g/mol. The molecule has 0 spiro atoms. The average Bonchev–Trinajstić information content (AvgIpc) is 2.84. The molecule has 0 saturated heterocycles. The van der Waals surface area contributed by atoms with E-state index in [1.165, 1.54) is 43.7 Å². The van der Waals surface area contributed by atoms with Gasteiger partial charge in [0.1, 0.15) is 17.3 Å². The molecule has 3 aliphatic rings. The van der Waals surface area contributed by atoms with Gasteiger partial charge in [-0.2, -0.15) is 0 Å². The van der Waals surface area contributed by atoms with Gasteiger partial charge in [-0.05, 0) is 86.3 Å². The minimum Gasteiger partial charge on any atom is -0.491 e. The third-order valence-electron chi connectivity index (χ3n) is 8.52. The van der Waals surface area contributed by atoms with Crippen LogP contribution in [-0.2, 0) is 16.0 Å². The number of Topliss-reactive ketones (excluding diaryl/α,β-unsaturated/α-hetero) is 1. The first-order chi connectivity index (χ1) is 17.0. The van der Waals surface area contributed by atoms with Gasteiger partial charge in [-0.15, -0.1) is 0 Å². The topological polar surface area (TPSA) is 52.6 Å². The molecule has 2 saturated carbocycles. The zero-order valence-electron chi connectivity index (χ0n) is 21.1. The van der Waals surface area contributed by atoms with Gasteiger partial charge in [0.15, 0.2) is 0 Å². The number of esters is 1. The van der Waals surface area contributed by atoms with Gasteiger partial charge in [-0.1, -0.05) is 43.2 Å². The minimum atomic E-state index is -0.315. The average molecular weight is 475 g/mol. The summed E-state index contributed by atoms with van der Waals surface area (Å²) in [6.07, 6.45) is 10.3. The fraction of sp³-hybridized carbons (Fsp3) is 0.548. The highest BCUT2D eigenvalue weighted by Gasteiger charge is 2.47. The lowest BCUT2D eigenvalue weighted by atomic mass is 9.55. The van der Waals surface area contributed by atoms with Crippen LogP contribution in [0.1, 0.15) is 100 Å². The molecule has 0 aliphatic heterocycles. The second-order valence-electron chi connectivity index (χ2n) is 10.9. The van der Waals surface area contributed by atoms with Crippen molar-refractivity contribution in [3.05, 3.63) is 59.2 Å². The summed E-state index contributed by atoms with van der Waals surface area (Å²) in [7, 11) is 0. The second-order valence-corrected chi connectivity index (χ2v) is 10.9. The number of carbonyl (C=O) groups is 2. The van der Waals surface area contributed by atoms with Crippen LogP contribution in [-0.4, -0.2) is 17.9 Å². The molecule has 2 aromatic rings. The lowest BCUT2D eigenvalue weighted by Gasteiger charge is -2.49. The SMILES string of the molecule is CC(=O)Oc1cc(OC(C)CCCc2ccccc2)cc2c1[C@H]1CC(=O)CC[C@@H]1[C@@H]1CCCC[C@H]21. The molecule has 0 N–H and O–H groups in total. The largest absolute Gasteiger partial charge is 0.491 e. The zero-order chi connectivity index (χ0) is 24.4. The van der Waals surface area contributed by atoms with Crippen molar-refractivity contribution < 1.29 is 19.1 Å². The van der Waals surface area contributed by atoms with Crippen molar-refractivity contribution in [1.29, 1.82) is 0 Å². The number of ketones is 1. The smallest absolute Gasteiger partial charge is 0.308 e. The summed E-state index contributed by atoms with van der Waals surface area (Å²) in [5.41, 5.74) is 3.74. The molecular formula is C31H38O4. The molecule has 0 radical (unpaired) electrons. The Bertz CT molecular complexity index is 1060. The molecule has 0 bridgehead atoms. The summed E-state index contributed by atoms with van der Waals surface area (Å²) in [6, 6.07) is 14.7. The predicted molar refractivity (Wildman–Crippen MR) is 137 cm³/mol. The van der Waals surface area contributed by atoms with Gasteiger partial charge in [0.05, 0.1) is 6.10 Å². The van der Waals surface area contributed by atoms with Crippen molar-refractivity contribution in [3.63, 3.8) is 0 Å². The Balaban J connectivity index is 1.41. The second kappa shape index (κ2) is 10.6. The molecule has 1 unspecified atom stereocenters. The Morgan fingerprint density at radius 3 is 2.60 bits per heavy atom. The van der Waals surface area contributed by atoms with Crippen molar-refractivity contribution in [2.75, 3.05) is 0 Å². The monoisotopic (exact) mass is 474 g/mol. The number of aryl methyl sites for hydroxylation is 1. The molecule has 3 aliphatic carbocycles. The summed E-state index contributed by atoms with van der Waals surface area (Å²) in [6.45, 7) is 3.58. The Morgan fingerprint density at radius 2 is 1.80 bits per heavy atom. The first-order valence-corrected chi connectivity index (χ1v) is 13.6. The number of hydrogen-bond donors (Lipinski definition) is 0. The van der Waals surface area contributed by atoms with E-state index >= 15 is 0 Å². The van der Waals surface area contributed by atoms with Crippen LogP contribution in [0.3, 0.4) is 0 Å². The van der Waals surface area contributed by atoms with Crippen LogP contribution in [0.25, 0.3) is 0 Å². The van der Waals surface area contributed by atoms with E-state index in [4.69, 9.17) is 9.47 Å². The maximum absolute atomic E-state index is 12.5. The van der Waals surface area contributed by atoms with E-state index in [0.717, 1.165) is 37.0 Å². The number of carbonyl (C=O) groups excluding carboxylic acids is 2. The third-order valence-corrected chi connectivity index (χ3v) is 8.52. The maximum Gasteiger partial charge on any atom is 0.308 e. The predicted octanol–water partition coefficient (Wildman–Crippen LogP) is 7.14. The highest BCUT2D eigenvalue weighted by Crippen LogP contribution is 2.59. The number of rotatable bonds is 7. The van der Waals surface area contributed by atoms with Crippen LogP contribution in [0.4, 0.5) is 0 Å². The molecule has 4 heteroatoms. The third kappa shape index (κ3) is 5.32. The fourth-order valence-electron chi connectivity index (χ4n) is 7.08. The van der Waals surface area contributed by atoms with Crippen molar-refractivity contribution in [2.45, 2.75) is 96.0 Å². The number of ether oxygens (including phenoxy) is 2. The van der Waals surface area contributed by atoms with Gasteiger partial charge in [-0.25, -0.2) is 0 Å². The van der Waals surface area contributed by atoms with Crippen LogP contribution in [0.2, 0.25) is 0 Å². The van der Waals surface area contributed by atoms with Crippen LogP contribution in [0, 0.1) is 11.8 Å². The number of hydrogen-bond acceptors (Lipinski definition) is 4. The van der Waals surface area contributed by atoms with Gasteiger partial charge < -0.3 is 9.47 Å². The Kier molecular flexibility index (Phi) is 7.27. The van der Waals surface area contributed by atoms with Crippen molar-refractivity contribution in [2.24, 2.45) is 11.8 Å². The van der Waals surface area contributed by atoms with Gasteiger partial charge in [0.2, 0.25) is 0 Å². The molecule has 5 rings (SSSR count). The van der Waals surface area contributed by atoms with E-state index in [9.17, 15) is 9.59 Å². The summed E-state index contributed by atoms with van der Waals surface area (Å²) in [5.74, 6) is 3.21. The first-order valence-electron chi connectivity index (χ1n) is 13.6. The van der Waals surface area contributed by atoms with Crippen LogP contribution >= 0.6 is 0 Å². The van der Waals surface area contributed by atoms with Crippen LogP contribution < -0.4 is 9.47 Å². The van der Waals surface area contributed by atoms with E-state index in [1.807, 2.05) is 12.1 Å². The molecule has 0 heterocycles. The van der Waals surface area contributed by atoms with E-state index in [0.29, 0.717) is 42.1 Å². The molecule has 186 valence electrons. The molecule has 4 nitrogen and oxygen atoms in total.